The van der Waals surface area contributed by atoms with Gasteiger partial charge < -0.3 is 9.64 Å². The number of amides is 1. The predicted molar refractivity (Wildman–Crippen MR) is 151 cm³/mol. The standard InChI is InChI=1S/C32H40FN3O2/c1-6-34(7-2)32(37)26-17-15-25(16-18-26)31(27-12-10-13-29(19-27)38-5)36-21-23(3)35(20-24(36)4)22-28-11-8-9-14-30(28)33/h8-19,23-24,31H,6-7,20-22H2,1-5H3/t23-,24+,31+/m1/s1. The fourth-order valence-corrected chi connectivity index (χ4v) is 5.54. The molecule has 0 bridgehead atoms. The van der Waals surface area contributed by atoms with E-state index < -0.39 is 0 Å². The molecule has 3 atom stereocenters. The lowest BCUT2D eigenvalue weighted by molar-refractivity contribution is 0.0190. The fraction of sp³-hybridized carbons (Fsp3) is 0.406. The van der Waals surface area contributed by atoms with Crippen molar-refractivity contribution in [2.75, 3.05) is 33.3 Å². The molecule has 3 aromatic carbocycles. The number of piperazine rings is 1. The molecule has 0 aliphatic carbocycles. The van der Waals surface area contributed by atoms with Gasteiger partial charge in [0.1, 0.15) is 11.6 Å². The molecule has 1 aliphatic heterocycles. The van der Waals surface area contributed by atoms with E-state index in [0.29, 0.717) is 25.2 Å². The van der Waals surface area contributed by atoms with E-state index in [0.717, 1.165) is 35.5 Å². The molecule has 0 radical (unpaired) electrons. The summed E-state index contributed by atoms with van der Waals surface area (Å²) in [6, 6.07) is 23.8. The van der Waals surface area contributed by atoms with Crippen LogP contribution in [0.4, 0.5) is 4.39 Å². The van der Waals surface area contributed by atoms with E-state index >= 15 is 0 Å². The number of ether oxygens (including phenoxy) is 1. The lowest BCUT2D eigenvalue weighted by atomic mass is 9.92. The van der Waals surface area contributed by atoms with Crippen LogP contribution < -0.4 is 4.74 Å². The van der Waals surface area contributed by atoms with Crippen LogP contribution in [0.5, 0.6) is 5.75 Å². The highest BCUT2D eigenvalue weighted by atomic mass is 19.1. The third kappa shape index (κ3) is 6.08. The number of rotatable bonds is 9. The summed E-state index contributed by atoms with van der Waals surface area (Å²) in [6.45, 7) is 12.1. The van der Waals surface area contributed by atoms with Crippen molar-refractivity contribution in [1.82, 2.24) is 14.7 Å². The van der Waals surface area contributed by atoms with Gasteiger partial charge in [0.2, 0.25) is 0 Å². The minimum absolute atomic E-state index is 0.00392. The lowest BCUT2D eigenvalue weighted by Gasteiger charge is -2.47. The van der Waals surface area contributed by atoms with Crippen molar-refractivity contribution in [2.24, 2.45) is 0 Å². The van der Waals surface area contributed by atoms with Crippen LogP contribution in [0.1, 0.15) is 60.8 Å². The smallest absolute Gasteiger partial charge is 0.253 e. The molecule has 4 rings (SSSR count). The monoisotopic (exact) mass is 517 g/mol. The molecule has 1 aliphatic rings. The number of nitrogens with zero attached hydrogens (tertiary/aromatic N) is 3. The molecule has 1 saturated heterocycles. The van der Waals surface area contributed by atoms with Gasteiger partial charge in [-0.25, -0.2) is 4.39 Å². The molecule has 38 heavy (non-hydrogen) atoms. The van der Waals surface area contributed by atoms with Gasteiger partial charge in [-0.3, -0.25) is 14.6 Å². The van der Waals surface area contributed by atoms with Crippen LogP contribution in [-0.4, -0.2) is 66.0 Å². The Hall–Kier alpha value is -3.22. The van der Waals surface area contributed by atoms with Crippen molar-refractivity contribution in [1.29, 1.82) is 0 Å². The molecule has 3 aromatic rings. The topological polar surface area (TPSA) is 36.0 Å². The second kappa shape index (κ2) is 12.5. The number of hydrogen-bond acceptors (Lipinski definition) is 4. The van der Waals surface area contributed by atoms with Gasteiger partial charge in [-0.15, -0.1) is 0 Å². The second-order valence-electron chi connectivity index (χ2n) is 10.2. The summed E-state index contributed by atoms with van der Waals surface area (Å²) in [7, 11) is 1.69. The van der Waals surface area contributed by atoms with Crippen molar-refractivity contribution in [2.45, 2.75) is 52.4 Å². The van der Waals surface area contributed by atoms with Gasteiger partial charge in [-0.05, 0) is 69.2 Å². The summed E-state index contributed by atoms with van der Waals surface area (Å²) >= 11 is 0. The van der Waals surface area contributed by atoms with Gasteiger partial charge in [0.05, 0.1) is 13.2 Å². The van der Waals surface area contributed by atoms with E-state index in [-0.39, 0.29) is 29.8 Å². The van der Waals surface area contributed by atoms with E-state index in [9.17, 15) is 9.18 Å². The summed E-state index contributed by atoms with van der Waals surface area (Å²) in [6.07, 6.45) is 0. The van der Waals surface area contributed by atoms with E-state index in [1.54, 1.807) is 13.2 Å². The average Bonchev–Trinajstić information content (AvgIpc) is 2.93. The van der Waals surface area contributed by atoms with E-state index in [4.69, 9.17) is 4.74 Å². The van der Waals surface area contributed by atoms with Gasteiger partial charge in [-0.2, -0.15) is 0 Å². The average molecular weight is 518 g/mol. The van der Waals surface area contributed by atoms with Crippen LogP contribution in [0.3, 0.4) is 0 Å². The molecule has 202 valence electrons. The van der Waals surface area contributed by atoms with Gasteiger partial charge in [0.25, 0.3) is 5.91 Å². The first-order valence-corrected chi connectivity index (χ1v) is 13.6. The second-order valence-corrected chi connectivity index (χ2v) is 10.2. The van der Waals surface area contributed by atoms with E-state index in [1.165, 1.54) is 6.07 Å². The number of methoxy groups -OCH3 is 1. The van der Waals surface area contributed by atoms with Crippen LogP contribution in [-0.2, 0) is 6.54 Å². The molecular weight excluding hydrogens is 477 g/mol. The Kier molecular flexibility index (Phi) is 9.18. The van der Waals surface area contributed by atoms with Gasteiger partial charge in [0.15, 0.2) is 0 Å². The van der Waals surface area contributed by atoms with Crippen molar-refractivity contribution < 1.29 is 13.9 Å². The maximum Gasteiger partial charge on any atom is 0.253 e. The van der Waals surface area contributed by atoms with Crippen molar-refractivity contribution in [3.05, 3.63) is 101 Å². The number of hydrogen-bond donors (Lipinski definition) is 0. The lowest BCUT2D eigenvalue weighted by Crippen LogP contribution is -2.56. The molecule has 0 unspecified atom stereocenters. The largest absolute Gasteiger partial charge is 0.497 e. The predicted octanol–water partition coefficient (Wildman–Crippen LogP) is 6.00. The van der Waals surface area contributed by atoms with Crippen LogP contribution in [0.25, 0.3) is 0 Å². The maximum atomic E-state index is 14.4. The highest BCUT2D eigenvalue weighted by Gasteiger charge is 2.35. The molecule has 0 spiro atoms. The zero-order valence-corrected chi connectivity index (χ0v) is 23.2. The molecule has 5 nitrogen and oxygen atoms in total. The molecule has 6 heteroatoms. The third-order valence-electron chi connectivity index (χ3n) is 7.76. The minimum Gasteiger partial charge on any atom is -0.497 e. The van der Waals surface area contributed by atoms with Gasteiger partial charge in [0, 0.05) is 55.9 Å². The molecule has 1 fully saturated rings. The Labute approximate surface area is 226 Å². The van der Waals surface area contributed by atoms with Crippen LogP contribution in [0.15, 0.2) is 72.8 Å². The number of carbonyl (C=O) groups excluding carboxylic acids is 1. The van der Waals surface area contributed by atoms with Crippen LogP contribution >= 0.6 is 0 Å². The normalized spacial score (nSPS) is 19.2. The Bertz CT molecular complexity index is 1210. The Morgan fingerprint density at radius 1 is 0.947 bits per heavy atom. The molecule has 0 N–H and O–H groups in total. The fourth-order valence-electron chi connectivity index (χ4n) is 5.54. The van der Waals surface area contributed by atoms with Gasteiger partial charge in [-0.1, -0.05) is 42.5 Å². The summed E-state index contributed by atoms with van der Waals surface area (Å²) in [4.78, 5) is 19.7. The summed E-state index contributed by atoms with van der Waals surface area (Å²) in [5.74, 6) is 0.728. The van der Waals surface area contributed by atoms with Crippen LogP contribution in [0, 0.1) is 5.82 Å². The van der Waals surface area contributed by atoms with Crippen LogP contribution in [0.2, 0.25) is 0 Å². The summed E-state index contributed by atoms with van der Waals surface area (Å²) in [5, 5.41) is 0. The number of carbonyl (C=O) groups is 1. The van der Waals surface area contributed by atoms with Crippen molar-refractivity contribution in [3.8, 4) is 5.75 Å². The van der Waals surface area contributed by atoms with E-state index in [2.05, 4.69) is 47.9 Å². The summed E-state index contributed by atoms with van der Waals surface area (Å²) in [5.41, 5.74) is 3.72. The Morgan fingerprint density at radius 3 is 2.32 bits per heavy atom. The zero-order valence-electron chi connectivity index (χ0n) is 23.2. The zero-order chi connectivity index (χ0) is 27.2. The Balaban J connectivity index is 1.64. The minimum atomic E-state index is -0.150. The highest BCUT2D eigenvalue weighted by molar-refractivity contribution is 5.94. The molecule has 0 aromatic heterocycles. The van der Waals surface area contributed by atoms with Crippen molar-refractivity contribution in [3.63, 3.8) is 0 Å². The molecule has 1 heterocycles. The van der Waals surface area contributed by atoms with Crippen molar-refractivity contribution >= 4 is 5.91 Å². The molecule has 0 saturated carbocycles. The maximum absolute atomic E-state index is 14.4. The first kappa shape index (κ1) is 27.8. The first-order chi connectivity index (χ1) is 18.4. The molecule has 1 amide bonds. The molecular formula is C32H40FN3O2. The number of benzene rings is 3. The first-order valence-electron chi connectivity index (χ1n) is 13.6. The van der Waals surface area contributed by atoms with E-state index in [1.807, 2.05) is 55.1 Å². The van der Waals surface area contributed by atoms with Gasteiger partial charge >= 0.3 is 0 Å². The summed E-state index contributed by atoms with van der Waals surface area (Å²) < 4.78 is 20.0. The highest BCUT2D eigenvalue weighted by Crippen LogP contribution is 2.35. The Morgan fingerprint density at radius 2 is 1.66 bits per heavy atom. The number of halogens is 1. The SMILES string of the molecule is CCN(CC)C(=O)c1ccc([C@@H](c2cccc(OC)c2)N2C[C@@H](C)N(Cc3ccccc3F)C[C@@H]2C)cc1. The quantitative estimate of drug-likeness (QED) is 0.349. The third-order valence-corrected chi connectivity index (χ3v) is 7.76.